The van der Waals surface area contributed by atoms with Gasteiger partial charge in [-0.2, -0.15) is 28.7 Å². The number of rotatable bonds is 4. The number of aryl methyl sites for hydroxylation is 1. The van der Waals surface area contributed by atoms with Crippen LogP contribution in [0.4, 0.5) is 19.0 Å². The third-order valence-corrected chi connectivity index (χ3v) is 7.13. The summed E-state index contributed by atoms with van der Waals surface area (Å²) in [4.78, 5) is 25.6. The standard InChI is InChI=1S/C26H26F3N7O/c1-5-20-14-35(24-23-22(34(4)25(37)33-24)9-7-19(12-31)32-23)15(2)13-36(20)16(3)17-6-8-21(26(27,28)29)18(10-17)11-30/h6-10,15-16,20H,5,13-14H2,1-4H3/t15-,16?,20+/m0/s1. The highest BCUT2D eigenvalue weighted by Crippen LogP contribution is 2.36. The Bertz CT molecular complexity index is 1480. The molecule has 0 radical (unpaired) electrons. The van der Waals surface area contributed by atoms with Crippen molar-refractivity contribution in [3.8, 4) is 12.1 Å². The van der Waals surface area contributed by atoms with Crippen molar-refractivity contribution in [3.63, 3.8) is 0 Å². The zero-order chi connectivity index (χ0) is 27.1. The van der Waals surface area contributed by atoms with Gasteiger partial charge >= 0.3 is 11.9 Å². The summed E-state index contributed by atoms with van der Waals surface area (Å²) in [5.41, 5.74) is 0.108. The van der Waals surface area contributed by atoms with Gasteiger partial charge < -0.3 is 4.90 Å². The van der Waals surface area contributed by atoms with Crippen molar-refractivity contribution < 1.29 is 13.2 Å². The molecule has 3 heterocycles. The monoisotopic (exact) mass is 509 g/mol. The number of hydrogen-bond acceptors (Lipinski definition) is 7. The predicted molar refractivity (Wildman–Crippen MR) is 132 cm³/mol. The summed E-state index contributed by atoms with van der Waals surface area (Å²) >= 11 is 0. The quantitative estimate of drug-likeness (QED) is 0.521. The molecular weight excluding hydrogens is 483 g/mol. The molecule has 192 valence electrons. The normalized spacial score (nSPS) is 19.4. The molecule has 11 heteroatoms. The third-order valence-electron chi connectivity index (χ3n) is 7.13. The number of hydrogen-bond donors (Lipinski definition) is 0. The van der Waals surface area contributed by atoms with Gasteiger partial charge in [0.2, 0.25) is 0 Å². The lowest BCUT2D eigenvalue weighted by Crippen LogP contribution is -2.58. The molecule has 8 nitrogen and oxygen atoms in total. The number of nitrogens with zero attached hydrogens (tertiary/aromatic N) is 7. The molecule has 0 saturated carbocycles. The Morgan fingerprint density at radius 2 is 1.86 bits per heavy atom. The SMILES string of the molecule is CC[C@@H]1CN(c2nc(=O)n(C)c3ccc(C#N)nc23)[C@@H](C)CN1C(C)c1ccc(C(F)(F)F)c(C#N)c1. The number of benzene rings is 1. The molecule has 0 bridgehead atoms. The minimum atomic E-state index is -4.60. The Balaban J connectivity index is 1.70. The van der Waals surface area contributed by atoms with Crippen LogP contribution in [0.1, 0.15) is 55.6 Å². The molecule has 37 heavy (non-hydrogen) atoms. The van der Waals surface area contributed by atoms with Crippen LogP contribution >= 0.6 is 0 Å². The summed E-state index contributed by atoms with van der Waals surface area (Å²) in [6.07, 6.45) is -3.86. The maximum absolute atomic E-state index is 13.3. The molecule has 2 aromatic heterocycles. The average molecular weight is 510 g/mol. The van der Waals surface area contributed by atoms with E-state index in [1.54, 1.807) is 25.2 Å². The highest BCUT2D eigenvalue weighted by Gasteiger charge is 2.37. The molecule has 0 N–H and O–H groups in total. The highest BCUT2D eigenvalue weighted by molar-refractivity contribution is 5.86. The molecule has 1 aliphatic heterocycles. The van der Waals surface area contributed by atoms with Crippen LogP contribution in [0, 0.1) is 22.7 Å². The molecule has 1 aliphatic rings. The zero-order valence-electron chi connectivity index (χ0n) is 20.9. The largest absolute Gasteiger partial charge is 0.417 e. The van der Waals surface area contributed by atoms with E-state index >= 15 is 0 Å². The third kappa shape index (κ3) is 4.75. The smallest absolute Gasteiger partial charge is 0.349 e. The number of halogens is 3. The second kappa shape index (κ2) is 9.83. The Labute approximate surface area is 212 Å². The van der Waals surface area contributed by atoms with Gasteiger partial charge in [-0.3, -0.25) is 9.47 Å². The van der Waals surface area contributed by atoms with Crippen LogP contribution in [0.25, 0.3) is 11.0 Å². The molecule has 0 aliphatic carbocycles. The van der Waals surface area contributed by atoms with E-state index < -0.39 is 23.0 Å². The van der Waals surface area contributed by atoms with E-state index in [4.69, 9.17) is 0 Å². The van der Waals surface area contributed by atoms with E-state index in [1.807, 2.05) is 31.7 Å². The molecule has 1 saturated heterocycles. The highest BCUT2D eigenvalue weighted by atomic mass is 19.4. The summed E-state index contributed by atoms with van der Waals surface area (Å²) in [5.74, 6) is 0.412. The van der Waals surface area contributed by atoms with E-state index in [2.05, 4.69) is 14.9 Å². The molecule has 3 aromatic rings. The van der Waals surface area contributed by atoms with Crippen molar-refractivity contribution in [3.05, 3.63) is 63.2 Å². The van der Waals surface area contributed by atoms with Crippen LogP contribution in [0.15, 0.2) is 35.1 Å². The van der Waals surface area contributed by atoms with Gasteiger partial charge in [-0.25, -0.2) is 9.78 Å². The van der Waals surface area contributed by atoms with Crippen LogP contribution < -0.4 is 10.6 Å². The van der Waals surface area contributed by atoms with Crippen molar-refractivity contribution in [2.45, 2.75) is 51.5 Å². The van der Waals surface area contributed by atoms with Crippen molar-refractivity contribution >= 4 is 16.9 Å². The summed E-state index contributed by atoms with van der Waals surface area (Å²) in [5, 5.41) is 18.7. The lowest BCUT2D eigenvalue weighted by atomic mass is 9.96. The maximum Gasteiger partial charge on any atom is 0.417 e. The Morgan fingerprint density at radius 3 is 2.49 bits per heavy atom. The van der Waals surface area contributed by atoms with Crippen LogP contribution in [0.5, 0.6) is 0 Å². The van der Waals surface area contributed by atoms with Crippen molar-refractivity contribution in [1.82, 2.24) is 19.4 Å². The number of piperazine rings is 1. The van der Waals surface area contributed by atoms with Crippen LogP contribution in [-0.4, -0.2) is 44.6 Å². The molecular formula is C26H26F3N7O. The van der Waals surface area contributed by atoms with Crippen molar-refractivity contribution in [1.29, 1.82) is 10.5 Å². The topological polar surface area (TPSA) is 102 Å². The van der Waals surface area contributed by atoms with Crippen molar-refractivity contribution in [2.75, 3.05) is 18.0 Å². The van der Waals surface area contributed by atoms with Gasteiger partial charge in [0, 0.05) is 38.3 Å². The predicted octanol–water partition coefficient (Wildman–Crippen LogP) is 4.14. The van der Waals surface area contributed by atoms with Gasteiger partial charge in [-0.05, 0) is 50.1 Å². The van der Waals surface area contributed by atoms with Gasteiger partial charge in [-0.1, -0.05) is 13.0 Å². The molecule has 0 spiro atoms. The van der Waals surface area contributed by atoms with Gasteiger partial charge in [-0.15, -0.1) is 0 Å². The first-order chi connectivity index (χ1) is 17.5. The van der Waals surface area contributed by atoms with E-state index in [0.717, 1.165) is 12.5 Å². The molecule has 1 fully saturated rings. The zero-order valence-corrected chi connectivity index (χ0v) is 20.9. The average Bonchev–Trinajstić information content (AvgIpc) is 2.89. The first kappa shape index (κ1) is 26.1. The summed E-state index contributed by atoms with van der Waals surface area (Å²) in [6.45, 7) is 6.97. The lowest BCUT2D eigenvalue weighted by molar-refractivity contribution is -0.137. The van der Waals surface area contributed by atoms with E-state index in [0.29, 0.717) is 35.5 Å². The first-order valence-corrected chi connectivity index (χ1v) is 11.9. The first-order valence-electron chi connectivity index (χ1n) is 11.9. The fourth-order valence-corrected chi connectivity index (χ4v) is 5.02. The molecule has 1 aromatic carbocycles. The number of pyridine rings is 1. The van der Waals surface area contributed by atoms with Gasteiger partial charge in [0.25, 0.3) is 0 Å². The van der Waals surface area contributed by atoms with Gasteiger partial charge in [0.15, 0.2) is 5.82 Å². The second-order valence-electron chi connectivity index (χ2n) is 9.30. The number of nitriles is 2. The van der Waals surface area contributed by atoms with Crippen molar-refractivity contribution in [2.24, 2.45) is 7.05 Å². The number of anilines is 1. The number of alkyl halides is 3. The van der Waals surface area contributed by atoms with E-state index in [9.17, 15) is 28.5 Å². The Hall–Kier alpha value is -3.96. The summed E-state index contributed by atoms with van der Waals surface area (Å²) in [7, 11) is 1.60. The Morgan fingerprint density at radius 1 is 1.14 bits per heavy atom. The van der Waals surface area contributed by atoms with Crippen LogP contribution in [0.2, 0.25) is 0 Å². The second-order valence-corrected chi connectivity index (χ2v) is 9.30. The van der Waals surface area contributed by atoms with Crippen LogP contribution in [0.3, 0.4) is 0 Å². The Kier molecular flexibility index (Phi) is 6.94. The van der Waals surface area contributed by atoms with Gasteiger partial charge in [0.1, 0.15) is 17.3 Å². The number of fused-ring (bicyclic) bond motifs is 1. The molecule has 1 unspecified atom stereocenters. The van der Waals surface area contributed by atoms with Crippen LogP contribution in [-0.2, 0) is 13.2 Å². The molecule has 4 rings (SSSR count). The van der Waals surface area contributed by atoms with E-state index in [1.165, 1.54) is 16.7 Å². The van der Waals surface area contributed by atoms with E-state index in [-0.39, 0.29) is 23.8 Å². The molecule has 0 amide bonds. The number of aromatic nitrogens is 3. The maximum atomic E-state index is 13.3. The van der Waals surface area contributed by atoms with Gasteiger partial charge in [0.05, 0.1) is 22.7 Å². The summed E-state index contributed by atoms with van der Waals surface area (Å²) in [6, 6.07) is 10.3. The summed E-state index contributed by atoms with van der Waals surface area (Å²) < 4.78 is 41.3. The fraction of sp³-hybridized carbons (Fsp3) is 0.423. The minimum absolute atomic E-state index is 0.0147. The lowest BCUT2D eigenvalue weighted by Gasteiger charge is -2.48. The molecule has 3 atom stereocenters. The fourth-order valence-electron chi connectivity index (χ4n) is 5.02. The minimum Gasteiger partial charge on any atom is -0.349 e.